The monoisotopic (exact) mass is 443 g/mol. The maximum Gasteiger partial charge on any atom is 0.257 e. The highest BCUT2D eigenvalue weighted by atomic mass is 16.5. The average Bonchev–Trinajstić information content (AvgIpc) is 3.27. The number of benzene rings is 3. The number of fused-ring (bicyclic) bond motifs is 1. The first kappa shape index (κ1) is 22.0. The molecule has 1 heterocycles. The van der Waals surface area contributed by atoms with Gasteiger partial charge in [-0.2, -0.15) is 0 Å². The Morgan fingerprint density at radius 2 is 1.73 bits per heavy atom. The standard InChI is InChI=1S/C26H25N3O4/c1-32-18-12-10-17(11-13-18)21(22-15-28-23-8-4-2-6-19(22)23)14-29-25(30)16-33-24-9-5-3-7-20(24)26(27)31/h2-13,15,21,28H,14,16H2,1H3,(H2,27,31)(H,29,30)/t21-/m1/s1. The van der Waals surface area contributed by atoms with E-state index in [1.165, 1.54) is 0 Å². The normalized spacial score (nSPS) is 11.7. The number of aromatic amines is 1. The SMILES string of the molecule is COc1ccc([C@@H](CNC(=O)COc2ccccc2C(N)=O)c2c[nH]c3ccccc23)cc1. The van der Waals surface area contributed by atoms with E-state index >= 15 is 0 Å². The predicted octanol–water partition coefficient (Wildman–Crippen LogP) is 3.60. The quantitative estimate of drug-likeness (QED) is 0.367. The third-order valence-corrected chi connectivity index (χ3v) is 5.53. The van der Waals surface area contributed by atoms with Crippen LogP contribution in [-0.4, -0.2) is 37.1 Å². The molecule has 0 saturated carbocycles. The number of hydrogen-bond acceptors (Lipinski definition) is 4. The second kappa shape index (κ2) is 9.91. The number of amides is 2. The molecule has 0 bridgehead atoms. The number of hydrogen-bond donors (Lipinski definition) is 3. The molecule has 7 nitrogen and oxygen atoms in total. The first-order valence-electron chi connectivity index (χ1n) is 10.5. The number of H-pyrrole nitrogens is 1. The molecule has 0 fully saturated rings. The summed E-state index contributed by atoms with van der Waals surface area (Å²) in [6.07, 6.45) is 1.98. The fourth-order valence-electron chi connectivity index (χ4n) is 3.83. The highest BCUT2D eigenvalue weighted by Gasteiger charge is 2.20. The third-order valence-electron chi connectivity index (χ3n) is 5.53. The lowest BCUT2D eigenvalue weighted by Gasteiger charge is -2.19. The lowest BCUT2D eigenvalue weighted by Crippen LogP contribution is -2.33. The molecule has 0 aliphatic heterocycles. The minimum absolute atomic E-state index is 0.0890. The van der Waals surface area contributed by atoms with E-state index in [9.17, 15) is 9.59 Å². The van der Waals surface area contributed by atoms with Crippen LogP contribution in [0.4, 0.5) is 0 Å². The summed E-state index contributed by atoms with van der Waals surface area (Å²) in [6, 6.07) is 22.4. The van der Waals surface area contributed by atoms with Gasteiger partial charge in [0.1, 0.15) is 11.5 Å². The van der Waals surface area contributed by atoms with E-state index in [2.05, 4.69) is 16.4 Å². The van der Waals surface area contributed by atoms with Crippen LogP contribution in [-0.2, 0) is 4.79 Å². The Labute approximate surface area is 191 Å². The summed E-state index contributed by atoms with van der Waals surface area (Å²) in [5.74, 6) is 0.0527. The Kier molecular flexibility index (Phi) is 6.59. The molecule has 168 valence electrons. The van der Waals surface area contributed by atoms with Crippen LogP contribution in [0.3, 0.4) is 0 Å². The summed E-state index contributed by atoms with van der Waals surface area (Å²) in [4.78, 5) is 27.4. The molecule has 4 aromatic rings. The molecule has 0 aliphatic rings. The number of nitrogens with two attached hydrogens (primary N) is 1. The molecule has 0 spiro atoms. The van der Waals surface area contributed by atoms with Crippen molar-refractivity contribution in [2.75, 3.05) is 20.3 Å². The number of methoxy groups -OCH3 is 1. The zero-order valence-corrected chi connectivity index (χ0v) is 18.2. The Morgan fingerprint density at radius 1 is 1.00 bits per heavy atom. The zero-order valence-electron chi connectivity index (χ0n) is 18.2. The maximum atomic E-state index is 12.6. The minimum Gasteiger partial charge on any atom is -0.497 e. The van der Waals surface area contributed by atoms with Crippen molar-refractivity contribution in [3.8, 4) is 11.5 Å². The fraction of sp³-hybridized carbons (Fsp3) is 0.154. The topological polar surface area (TPSA) is 106 Å². The third kappa shape index (κ3) is 4.98. The van der Waals surface area contributed by atoms with Gasteiger partial charge in [0.2, 0.25) is 0 Å². The van der Waals surface area contributed by atoms with Crippen LogP contribution in [0.2, 0.25) is 0 Å². The molecule has 1 atom stereocenters. The number of rotatable bonds is 9. The predicted molar refractivity (Wildman–Crippen MR) is 127 cm³/mol. The van der Waals surface area contributed by atoms with Gasteiger partial charge in [-0.15, -0.1) is 0 Å². The number of carbonyl (C=O) groups excluding carboxylic acids is 2. The summed E-state index contributed by atoms with van der Waals surface area (Å²) in [7, 11) is 1.63. The van der Waals surface area contributed by atoms with Crippen LogP contribution in [0.25, 0.3) is 10.9 Å². The minimum atomic E-state index is -0.607. The molecule has 0 aliphatic carbocycles. The van der Waals surface area contributed by atoms with E-state index in [4.69, 9.17) is 15.2 Å². The van der Waals surface area contributed by atoms with Crippen molar-refractivity contribution >= 4 is 22.7 Å². The Morgan fingerprint density at radius 3 is 2.48 bits per heavy atom. The smallest absolute Gasteiger partial charge is 0.257 e. The van der Waals surface area contributed by atoms with Crippen molar-refractivity contribution in [1.82, 2.24) is 10.3 Å². The summed E-state index contributed by atoms with van der Waals surface area (Å²) in [6.45, 7) is 0.140. The summed E-state index contributed by atoms with van der Waals surface area (Å²) >= 11 is 0. The van der Waals surface area contributed by atoms with Crippen molar-refractivity contribution in [2.45, 2.75) is 5.92 Å². The van der Waals surface area contributed by atoms with Crippen LogP contribution in [0.1, 0.15) is 27.4 Å². The summed E-state index contributed by atoms with van der Waals surface area (Å²) < 4.78 is 10.8. The second-order valence-corrected chi connectivity index (χ2v) is 7.57. The van der Waals surface area contributed by atoms with Gasteiger partial charge < -0.3 is 25.5 Å². The molecule has 1 aromatic heterocycles. The van der Waals surface area contributed by atoms with Gasteiger partial charge in [-0.05, 0) is 41.5 Å². The Hall–Kier alpha value is -4.26. The number of ether oxygens (including phenoxy) is 2. The molecule has 0 radical (unpaired) electrons. The van der Waals surface area contributed by atoms with Crippen LogP contribution in [0.15, 0.2) is 79.0 Å². The highest BCUT2D eigenvalue weighted by molar-refractivity contribution is 5.95. The molecular formula is C26H25N3O4. The molecule has 0 saturated heterocycles. The first-order valence-corrected chi connectivity index (χ1v) is 10.5. The lowest BCUT2D eigenvalue weighted by molar-refractivity contribution is -0.123. The number of nitrogens with one attached hydrogen (secondary N) is 2. The molecule has 4 N–H and O–H groups in total. The van der Waals surface area contributed by atoms with E-state index in [1.807, 2.05) is 48.7 Å². The van der Waals surface area contributed by atoms with Crippen molar-refractivity contribution in [3.63, 3.8) is 0 Å². The maximum absolute atomic E-state index is 12.6. The molecule has 3 aromatic carbocycles. The van der Waals surface area contributed by atoms with E-state index in [1.54, 1.807) is 31.4 Å². The number of primary amides is 1. The molecule has 33 heavy (non-hydrogen) atoms. The van der Waals surface area contributed by atoms with Crippen LogP contribution >= 0.6 is 0 Å². The Bertz CT molecular complexity index is 1260. The number of carbonyl (C=O) groups is 2. The Balaban J connectivity index is 1.51. The van der Waals surface area contributed by atoms with Crippen molar-refractivity contribution in [1.29, 1.82) is 0 Å². The molecule has 0 unspecified atom stereocenters. The van der Waals surface area contributed by atoms with Gasteiger partial charge in [-0.25, -0.2) is 0 Å². The second-order valence-electron chi connectivity index (χ2n) is 7.57. The van der Waals surface area contributed by atoms with Crippen LogP contribution in [0.5, 0.6) is 11.5 Å². The van der Waals surface area contributed by atoms with Crippen molar-refractivity contribution in [3.05, 3.63) is 95.7 Å². The molecule has 2 amide bonds. The average molecular weight is 444 g/mol. The van der Waals surface area contributed by atoms with E-state index < -0.39 is 5.91 Å². The van der Waals surface area contributed by atoms with Gasteiger partial charge in [0, 0.05) is 29.6 Å². The molecular weight excluding hydrogens is 418 g/mol. The van der Waals surface area contributed by atoms with Crippen LogP contribution < -0.4 is 20.5 Å². The first-order chi connectivity index (χ1) is 16.1. The van der Waals surface area contributed by atoms with E-state index in [-0.39, 0.29) is 29.7 Å². The van der Waals surface area contributed by atoms with Crippen LogP contribution in [0, 0.1) is 0 Å². The van der Waals surface area contributed by atoms with Gasteiger partial charge in [0.25, 0.3) is 11.8 Å². The van der Waals surface area contributed by atoms with E-state index in [0.717, 1.165) is 27.8 Å². The fourth-order valence-corrected chi connectivity index (χ4v) is 3.83. The van der Waals surface area contributed by atoms with Gasteiger partial charge in [0.15, 0.2) is 6.61 Å². The highest BCUT2D eigenvalue weighted by Crippen LogP contribution is 2.31. The number of para-hydroxylation sites is 2. The van der Waals surface area contributed by atoms with Gasteiger partial charge in [-0.1, -0.05) is 42.5 Å². The number of aromatic nitrogens is 1. The molecule has 7 heteroatoms. The molecule has 4 rings (SSSR count). The van der Waals surface area contributed by atoms with Crippen molar-refractivity contribution in [2.24, 2.45) is 5.73 Å². The van der Waals surface area contributed by atoms with E-state index in [0.29, 0.717) is 6.54 Å². The zero-order chi connectivity index (χ0) is 23.2. The summed E-state index contributed by atoms with van der Waals surface area (Å²) in [5, 5.41) is 4.05. The lowest BCUT2D eigenvalue weighted by atomic mass is 9.91. The largest absolute Gasteiger partial charge is 0.497 e. The summed E-state index contributed by atoms with van der Waals surface area (Å²) in [5.41, 5.74) is 8.76. The van der Waals surface area contributed by atoms with Gasteiger partial charge in [0.05, 0.1) is 12.7 Å². The van der Waals surface area contributed by atoms with Gasteiger partial charge >= 0.3 is 0 Å². The van der Waals surface area contributed by atoms with Gasteiger partial charge in [-0.3, -0.25) is 9.59 Å². The van der Waals surface area contributed by atoms with Crippen molar-refractivity contribution < 1.29 is 19.1 Å².